The number of amides is 1. The van der Waals surface area contributed by atoms with Crippen molar-refractivity contribution in [2.24, 2.45) is 5.10 Å². The Hall–Kier alpha value is -4.01. The second-order valence-electron chi connectivity index (χ2n) is 6.44. The van der Waals surface area contributed by atoms with E-state index in [0.29, 0.717) is 40.3 Å². The smallest absolute Gasteiger partial charge is 0.280 e. The first-order valence-corrected chi connectivity index (χ1v) is 9.44. The topological polar surface area (TPSA) is 111 Å². The molecule has 0 aliphatic rings. The first kappa shape index (κ1) is 21.7. The predicted molar refractivity (Wildman–Crippen MR) is 117 cm³/mol. The quantitative estimate of drug-likeness (QED) is 0.444. The number of pyridine rings is 1. The lowest BCUT2D eigenvalue weighted by Gasteiger charge is -2.13. The zero-order valence-electron chi connectivity index (χ0n) is 17.6. The van der Waals surface area contributed by atoms with Crippen LogP contribution in [0.1, 0.15) is 22.8 Å². The number of fused-ring (bicyclic) bond motifs is 1. The molecule has 162 valence electrons. The molecule has 2 aromatic carbocycles. The Morgan fingerprint density at radius 1 is 1.10 bits per heavy atom. The first-order chi connectivity index (χ1) is 15.0. The van der Waals surface area contributed by atoms with Gasteiger partial charge in [0.1, 0.15) is 17.1 Å². The Balaban J connectivity index is 1.96. The summed E-state index contributed by atoms with van der Waals surface area (Å²) in [5.41, 5.74) is 2.37. The molecule has 9 nitrogen and oxygen atoms in total. The number of aromatic nitrogens is 1. The van der Waals surface area contributed by atoms with Gasteiger partial charge in [-0.1, -0.05) is 12.1 Å². The number of hydrazone groups is 1. The molecule has 0 spiro atoms. The maximum Gasteiger partial charge on any atom is 0.280 e. The second-order valence-corrected chi connectivity index (χ2v) is 6.44. The van der Waals surface area contributed by atoms with Gasteiger partial charge in [0.05, 0.1) is 33.1 Å². The number of nitrogens with one attached hydrogen (secondary N) is 1. The molecule has 0 atom stereocenters. The molecule has 0 bridgehead atoms. The summed E-state index contributed by atoms with van der Waals surface area (Å²) in [6, 6.07) is 10.1. The summed E-state index contributed by atoms with van der Waals surface area (Å²) in [5, 5.41) is 14.9. The van der Waals surface area contributed by atoms with Crippen LogP contribution in [0.2, 0.25) is 0 Å². The largest absolute Gasteiger partial charge is 0.506 e. The fraction of sp³-hybridized carbons (Fsp3) is 0.227. The zero-order valence-corrected chi connectivity index (χ0v) is 17.6. The van der Waals surface area contributed by atoms with Gasteiger partial charge in [-0.25, -0.2) is 5.43 Å². The number of benzene rings is 2. The van der Waals surface area contributed by atoms with Crippen molar-refractivity contribution in [3.63, 3.8) is 0 Å². The Morgan fingerprint density at radius 2 is 1.74 bits per heavy atom. The van der Waals surface area contributed by atoms with Crippen molar-refractivity contribution in [1.29, 1.82) is 0 Å². The number of carbonyl (C=O) groups excluding carboxylic acids is 1. The maximum absolute atomic E-state index is 12.8. The van der Waals surface area contributed by atoms with Crippen LogP contribution in [0.3, 0.4) is 0 Å². The van der Waals surface area contributed by atoms with Crippen LogP contribution in [-0.2, 0) is 6.54 Å². The summed E-state index contributed by atoms with van der Waals surface area (Å²) < 4.78 is 17.2. The molecule has 0 saturated carbocycles. The van der Waals surface area contributed by atoms with Gasteiger partial charge in [-0.05, 0) is 25.1 Å². The molecule has 0 saturated heterocycles. The minimum atomic E-state index is -0.828. The predicted octanol–water partition coefficient (Wildman–Crippen LogP) is 2.52. The summed E-state index contributed by atoms with van der Waals surface area (Å²) in [4.78, 5) is 25.5. The monoisotopic (exact) mass is 425 g/mol. The van der Waals surface area contributed by atoms with Crippen LogP contribution in [0.25, 0.3) is 10.9 Å². The summed E-state index contributed by atoms with van der Waals surface area (Å²) in [7, 11) is 4.48. The van der Waals surface area contributed by atoms with Crippen LogP contribution in [0, 0.1) is 0 Å². The molecule has 3 rings (SSSR count). The van der Waals surface area contributed by atoms with E-state index < -0.39 is 11.5 Å². The van der Waals surface area contributed by atoms with Crippen molar-refractivity contribution in [3.8, 4) is 23.0 Å². The molecule has 3 aromatic rings. The van der Waals surface area contributed by atoms with Gasteiger partial charge in [-0.2, -0.15) is 5.10 Å². The van der Waals surface area contributed by atoms with Crippen molar-refractivity contribution in [2.45, 2.75) is 13.5 Å². The molecule has 1 heterocycles. The Morgan fingerprint density at radius 3 is 2.39 bits per heavy atom. The Labute approximate surface area is 178 Å². The van der Waals surface area contributed by atoms with E-state index >= 15 is 0 Å². The summed E-state index contributed by atoms with van der Waals surface area (Å²) >= 11 is 0. The number of aromatic hydroxyl groups is 1. The highest BCUT2D eigenvalue weighted by atomic mass is 16.5. The van der Waals surface area contributed by atoms with Crippen molar-refractivity contribution in [1.82, 2.24) is 9.99 Å². The minimum Gasteiger partial charge on any atom is -0.506 e. The summed E-state index contributed by atoms with van der Waals surface area (Å²) in [6.45, 7) is 2.13. The zero-order chi connectivity index (χ0) is 22.5. The van der Waals surface area contributed by atoms with Gasteiger partial charge in [-0.3, -0.25) is 9.59 Å². The highest BCUT2D eigenvalue weighted by molar-refractivity contribution is 6.02. The van der Waals surface area contributed by atoms with Crippen LogP contribution in [0.15, 0.2) is 46.3 Å². The van der Waals surface area contributed by atoms with Gasteiger partial charge in [0.15, 0.2) is 11.5 Å². The standard InChI is InChI=1S/C22H23N3O6/c1-5-25-15-9-7-6-8-14(15)20(26)19(22(25)28)21(27)24-23-12-13-10-17(30-3)18(31-4)11-16(13)29-2/h6-12,26H,5H2,1-4H3,(H,24,27)/b23-12-. The molecule has 31 heavy (non-hydrogen) atoms. The fourth-order valence-electron chi connectivity index (χ4n) is 3.28. The number of aryl methyl sites for hydroxylation is 1. The molecule has 1 amide bonds. The average molecular weight is 425 g/mol. The number of nitrogens with zero attached hydrogens (tertiary/aromatic N) is 2. The van der Waals surface area contributed by atoms with Crippen molar-refractivity contribution >= 4 is 23.0 Å². The van der Waals surface area contributed by atoms with E-state index in [2.05, 4.69) is 10.5 Å². The van der Waals surface area contributed by atoms with Gasteiger partial charge in [-0.15, -0.1) is 0 Å². The SMILES string of the molecule is CCn1c(=O)c(C(=O)N/N=C\c2cc(OC)c(OC)cc2OC)c(O)c2ccccc21. The van der Waals surface area contributed by atoms with E-state index in [9.17, 15) is 14.7 Å². The van der Waals surface area contributed by atoms with E-state index in [0.717, 1.165) is 0 Å². The number of hydrogen-bond donors (Lipinski definition) is 2. The molecule has 0 fully saturated rings. The van der Waals surface area contributed by atoms with E-state index in [-0.39, 0.29) is 11.3 Å². The normalized spacial score (nSPS) is 11.0. The highest BCUT2D eigenvalue weighted by Gasteiger charge is 2.21. The van der Waals surface area contributed by atoms with Crippen molar-refractivity contribution in [3.05, 3.63) is 57.9 Å². The third-order valence-corrected chi connectivity index (χ3v) is 4.79. The second kappa shape index (κ2) is 9.21. The van der Waals surface area contributed by atoms with Crippen LogP contribution in [0.5, 0.6) is 23.0 Å². The fourth-order valence-corrected chi connectivity index (χ4v) is 3.28. The lowest BCUT2D eigenvalue weighted by atomic mass is 10.1. The number of carbonyl (C=O) groups is 1. The maximum atomic E-state index is 12.8. The number of rotatable bonds is 7. The Bertz CT molecular complexity index is 1220. The van der Waals surface area contributed by atoms with Gasteiger partial charge in [0.2, 0.25) is 0 Å². The van der Waals surface area contributed by atoms with E-state index in [1.54, 1.807) is 43.3 Å². The number of ether oxygens (including phenoxy) is 3. The van der Waals surface area contributed by atoms with Crippen LogP contribution in [0.4, 0.5) is 0 Å². The molecule has 0 aliphatic carbocycles. The third kappa shape index (κ3) is 4.02. The number of para-hydroxylation sites is 1. The van der Waals surface area contributed by atoms with Crippen LogP contribution in [-0.4, -0.2) is 43.1 Å². The van der Waals surface area contributed by atoms with E-state index in [1.807, 2.05) is 0 Å². The molecular weight excluding hydrogens is 402 g/mol. The number of hydrogen-bond acceptors (Lipinski definition) is 7. The van der Waals surface area contributed by atoms with Gasteiger partial charge >= 0.3 is 0 Å². The molecule has 0 unspecified atom stereocenters. The first-order valence-electron chi connectivity index (χ1n) is 9.44. The molecule has 2 N–H and O–H groups in total. The van der Waals surface area contributed by atoms with Gasteiger partial charge in [0, 0.05) is 23.6 Å². The molecule has 0 aliphatic heterocycles. The third-order valence-electron chi connectivity index (χ3n) is 4.79. The molecule has 9 heteroatoms. The number of methoxy groups -OCH3 is 3. The van der Waals surface area contributed by atoms with Crippen molar-refractivity contribution < 1.29 is 24.1 Å². The van der Waals surface area contributed by atoms with Gasteiger partial charge < -0.3 is 23.9 Å². The molecule has 0 radical (unpaired) electrons. The van der Waals surface area contributed by atoms with Crippen LogP contribution < -0.4 is 25.2 Å². The van der Waals surface area contributed by atoms with Gasteiger partial charge in [0.25, 0.3) is 11.5 Å². The van der Waals surface area contributed by atoms with Crippen molar-refractivity contribution in [2.75, 3.05) is 21.3 Å². The summed E-state index contributed by atoms with van der Waals surface area (Å²) in [5.74, 6) is 0.154. The van der Waals surface area contributed by atoms with E-state index in [4.69, 9.17) is 14.2 Å². The highest BCUT2D eigenvalue weighted by Crippen LogP contribution is 2.33. The lowest BCUT2D eigenvalue weighted by molar-refractivity contribution is 0.0950. The van der Waals surface area contributed by atoms with E-state index in [1.165, 1.54) is 32.1 Å². The lowest BCUT2D eigenvalue weighted by Crippen LogP contribution is -2.31. The average Bonchev–Trinajstić information content (AvgIpc) is 2.79. The minimum absolute atomic E-state index is 0.339. The Kier molecular flexibility index (Phi) is 6.44. The molecular formula is C22H23N3O6. The summed E-state index contributed by atoms with van der Waals surface area (Å²) in [6.07, 6.45) is 1.34. The molecule has 1 aromatic heterocycles. The van der Waals surface area contributed by atoms with Crippen LogP contribution >= 0.6 is 0 Å².